The van der Waals surface area contributed by atoms with Gasteiger partial charge in [0, 0.05) is 12.3 Å². The van der Waals surface area contributed by atoms with E-state index in [1.165, 1.54) is 11.8 Å². The van der Waals surface area contributed by atoms with Crippen LogP contribution >= 0.6 is 23.4 Å². The van der Waals surface area contributed by atoms with Gasteiger partial charge in [-0.3, -0.25) is 10.1 Å². The Bertz CT molecular complexity index is 457. The second kappa shape index (κ2) is 7.49. The molecule has 1 heterocycles. The Balaban J connectivity index is 3.06. The molecule has 1 aromatic heterocycles. The average Bonchev–Trinajstić information content (AvgIpc) is 2.32. The molecule has 0 spiro atoms. The minimum absolute atomic E-state index is 0.121. The third-order valence-electron chi connectivity index (χ3n) is 2.12. The molecular weight excluding hydrogens is 288 g/mol. The smallest absolute Gasteiger partial charge is 0.348 e. The molecule has 0 unspecified atom stereocenters. The number of hydrogen-bond acceptors (Lipinski definition) is 6. The highest BCUT2D eigenvalue weighted by atomic mass is 35.5. The number of thioether (sulfide) groups is 1. The van der Waals surface area contributed by atoms with Crippen LogP contribution in [-0.4, -0.2) is 27.2 Å². The van der Waals surface area contributed by atoms with Crippen molar-refractivity contribution in [2.45, 2.75) is 32.3 Å². The molecule has 6 nitrogen and oxygen atoms in total. The molecule has 0 atom stereocenters. The van der Waals surface area contributed by atoms with Crippen LogP contribution in [0.4, 0.5) is 11.5 Å². The molecule has 0 fully saturated rings. The summed E-state index contributed by atoms with van der Waals surface area (Å²) in [6, 6.07) is 0. The third kappa shape index (κ3) is 4.83. The van der Waals surface area contributed by atoms with E-state index in [2.05, 4.69) is 15.3 Å². The molecule has 19 heavy (non-hydrogen) atoms. The van der Waals surface area contributed by atoms with Crippen molar-refractivity contribution in [1.29, 1.82) is 0 Å². The van der Waals surface area contributed by atoms with E-state index in [-0.39, 0.29) is 16.7 Å². The highest BCUT2D eigenvalue weighted by Gasteiger charge is 2.23. The first kappa shape index (κ1) is 16.0. The molecule has 106 valence electrons. The molecular formula is C11H17ClN4O2S. The fraction of sp³-hybridized carbons (Fsp3) is 0.636. The minimum Gasteiger partial charge on any atom is -0.364 e. The van der Waals surface area contributed by atoms with E-state index in [0.29, 0.717) is 17.6 Å². The van der Waals surface area contributed by atoms with Crippen LogP contribution in [-0.2, 0) is 0 Å². The standard InChI is InChI=1S/C11H17ClN4O2S/c1-4-5-19-11-14-9(12)8(16(17)18)10(15-11)13-6-7(2)3/h7H,4-6H2,1-3H3,(H,13,14,15). The average molecular weight is 305 g/mol. The summed E-state index contributed by atoms with van der Waals surface area (Å²) in [6.07, 6.45) is 0.970. The summed E-state index contributed by atoms with van der Waals surface area (Å²) in [7, 11) is 0. The predicted octanol–water partition coefficient (Wildman–Crippen LogP) is 3.61. The van der Waals surface area contributed by atoms with E-state index in [9.17, 15) is 10.1 Å². The van der Waals surface area contributed by atoms with Crippen molar-refractivity contribution < 1.29 is 4.92 Å². The summed E-state index contributed by atoms with van der Waals surface area (Å²) in [5.74, 6) is 1.38. The first-order valence-corrected chi connectivity index (χ1v) is 7.40. The van der Waals surface area contributed by atoms with Crippen molar-refractivity contribution >= 4 is 34.9 Å². The van der Waals surface area contributed by atoms with Crippen molar-refractivity contribution in [3.05, 3.63) is 15.3 Å². The van der Waals surface area contributed by atoms with Crippen molar-refractivity contribution in [2.75, 3.05) is 17.6 Å². The molecule has 1 aromatic rings. The van der Waals surface area contributed by atoms with Crippen LogP contribution in [0.15, 0.2) is 5.16 Å². The van der Waals surface area contributed by atoms with Crippen molar-refractivity contribution in [2.24, 2.45) is 5.92 Å². The lowest BCUT2D eigenvalue weighted by atomic mass is 10.2. The first-order chi connectivity index (χ1) is 8.95. The molecule has 1 rings (SSSR count). The van der Waals surface area contributed by atoms with Gasteiger partial charge in [0.05, 0.1) is 4.92 Å². The SMILES string of the molecule is CCCSc1nc(Cl)c([N+](=O)[O-])c(NCC(C)C)n1. The largest absolute Gasteiger partial charge is 0.364 e. The van der Waals surface area contributed by atoms with Crippen LogP contribution in [0.25, 0.3) is 0 Å². The van der Waals surface area contributed by atoms with Crippen LogP contribution in [0.2, 0.25) is 5.15 Å². The molecule has 0 aliphatic carbocycles. The van der Waals surface area contributed by atoms with Crippen molar-refractivity contribution in [1.82, 2.24) is 9.97 Å². The number of hydrogen-bond donors (Lipinski definition) is 1. The Labute approximate surface area is 121 Å². The summed E-state index contributed by atoms with van der Waals surface area (Å²) < 4.78 is 0. The van der Waals surface area contributed by atoms with Crippen molar-refractivity contribution in [3.63, 3.8) is 0 Å². The summed E-state index contributed by atoms with van der Waals surface area (Å²) in [5.41, 5.74) is -0.261. The molecule has 0 saturated carbocycles. The van der Waals surface area contributed by atoms with Crippen LogP contribution in [0.3, 0.4) is 0 Å². The van der Waals surface area contributed by atoms with Gasteiger partial charge in [-0.2, -0.15) is 4.98 Å². The van der Waals surface area contributed by atoms with E-state index in [1.54, 1.807) is 0 Å². The lowest BCUT2D eigenvalue weighted by Gasteiger charge is -2.10. The number of aromatic nitrogens is 2. The Hall–Kier alpha value is -1.08. The summed E-state index contributed by atoms with van der Waals surface area (Å²) in [6.45, 7) is 6.65. The number of halogens is 1. The van der Waals surface area contributed by atoms with E-state index in [1.807, 2.05) is 20.8 Å². The Kier molecular flexibility index (Phi) is 6.30. The minimum atomic E-state index is -0.556. The molecule has 0 amide bonds. The normalized spacial score (nSPS) is 10.8. The van der Waals surface area contributed by atoms with Crippen LogP contribution in [0, 0.1) is 16.0 Å². The summed E-state index contributed by atoms with van der Waals surface area (Å²) in [4.78, 5) is 18.6. The Morgan fingerprint density at radius 1 is 1.47 bits per heavy atom. The van der Waals surface area contributed by atoms with E-state index >= 15 is 0 Å². The molecule has 0 radical (unpaired) electrons. The third-order valence-corrected chi connectivity index (χ3v) is 3.43. The Morgan fingerprint density at radius 2 is 2.16 bits per heavy atom. The number of nitro groups is 1. The topological polar surface area (TPSA) is 81.0 Å². The second-order valence-electron chi connectivity index (χ2n) is 4.37. The van der Waals surface area contributed by atoms with E-state index in [4.69, 9.17) is 11.6 Å². The predicted molar refractivity (Wildman–Crippen MR) is 78.0 cm³/mol. The first-order valence-electron chi connectivity index (χ1n) is 6.04. The number of anilines is 1. The molecule has 0 saturated heterocycles. The van der Waals surface area contributed by atoms with E-state index < -0.39 is 4.92 Å². The zero-order valence-electron chi connectivity index (χ0n) is 11.1. The zero-order chi connectivity index (χ0) is 14.4. The van der Waals surface area contributed by atoms with Crippen molar-refractivity contribution in [3.8, 4) is 0 Å². The maximum atomic E-state index is 11.0. The lowest BCUT2D eigenvalue weighted by molar-refractivity contribution is -0.384. The fourth-order valence-corrected chi connectivity index (χ4v) is 2.24. The maximum Gasteiger partial charge on any atom is 0.348 e. The summed E-state index contributed by atoms with van der Waals surface area (Å²) >= 11 is 7.31. The quantitative estimate of drug-likeness (QED) is 0.272. The van der Waals surface area contributed by atoms with Gasteiger partial charge in [-0.15, -0.1) is 0 Å². The maximum absolute atomic E-state index is 11.0. The fourth-order valence-electron chi connectivity index (χ4n) is 1.25. The monoisotopic (exact) mass is 304 g/mol. The van der Waals surface area contributed by atoms with Gasteiger partial charge < -0.3 is 5.32 Å². The highest BCUT2D eigenvalue weighted by molar-refractivity contribution is 7.99. The van der Waals surface area contributed by atoms with Gasteiger partial charge in [0.15, 0.2) is 5.16 Å². The lowest BCUT2D eigenvalue weighted by Crippen LogP contribution is -2.12. The molecule has 0 bridgehead atoms. The van der Waals surface area contributed by atoms with Gasteiger partial charge in [0.1, 0.15) is 0 Å². The second-order valence-corrected chi connectivity index (χ2v) is 5.79. The van der Waals surface area contributed by atoms with Crippen LogP contribution in [0.5, 0.6) is 0 Å². The van der Waals surface area contributed by atoms with Gasteiger partial charge in [-0.25, -0.2) is 4.98 Å². The van der Waals surface area contributed by atoms with Crippen LogP contribution in [0.1, 0.15) is 27.2 Å². The number of nitrogens with one attached hydrogen (secondary N) is 1. The molecule has 0 aliphatic rings. The number of nitrogens with zero attached hydrogens (tertiary/aromatic N) is 3. The Morgan fingerprint density at radius 3 is 2.68 bits per heavy atom. The molecule has 0 aromatic carbocycles. The summed E-state index contributed by atoms with van der Waals surface area (Å²) in [5, 5.41) is 14.3. The molecule has 1 N–H and O–H groups in total. The van der Waals surface area contributed by atoms with Crippen LogP contribution < -0.4 is 5.32 Å². The van der Waals surface area contributed by atoms with Gasteiger partial charge in [-0.1, -0.05) is 44.1 Å². The van der Waals surface area contributed by atoms with E-state index in [0.717, 1.165) is 12.2 Å². The highest BCUT2D eigenvalue weighted by Crippen LogP contribution is 2.32. The molecule has 8 heteroatoms. The van der Waals surface area contributed by atoms with Gasteiger partial charge in [0.25, 0.3) is 0 Å². The zero-order valence-corrected chi connectivity index (χ0v) is 12.7. The van der Waals surface area contributed by atoms with Gasteiger partial charge in [-0.05, 0) is 12.3 Å². The number of rotatable bonds is 7. The molecule has 0 aliphatic heterocycles. The van der Waals surface area contributed by atoms with Gasteiger partial charge in [0.2, 0.25) is 11.0 Å². The van der Waals surface area contributed by atoms with Gasteiger partial charge >= 0.3 is 5.69 Å².